The summed E-state index contributed by atoms with van der Waals surface area (Å²) in [6, 6.07) is 23.8. The number of nitrogens with one attached hydrogen (secondary N) is 2. The topological polar surface area (TPSA) is 85.5 Å². The number of hydrogen-bond donors (Lipinski definition) is 2. The minimum absolute atomic E-state index is 0.189. The second kappa shape index (κ2) is 8.09. The van der Waals surface area contributed by atoms with Gasteiger partial charge in [-0.25, -0.2) is 9.69 Å². The Labute approximate surface area is 208 Å². The number of para-hydroxylation sites is 1. The standard InChI is InChI=1S/C29H26N4O3/c1-18(19-9-4-3-5-10-19)30-26(34)20-11-8-12-21(17-20)33-27(35)29(2)25-23(15-16-32(29)28(33)36)22-13-6-7-14-24(22)31-25/h3-14,17-18,31H,15-16H2,1-2H3,(H,30,34)/t18?,29-/m0/s1. The van der Waals surface area contributed by atoms with Crippen molar-refractivity contribution in [1.82, 2.24) is 15.2 Å². The average molecular weight is 479 g/mol. The van der Waals surface area contributed by atoms with Crippen LogP contribution in [0.15, 0.2) is 78.9 Å². The molecule has 1 unspecified atom stereocenters. The number of carbonyl (C=O) groups is 3. The predicted molar refractivity (Wildman–Crippen MR) is 138 cm³/mol. The van der Waals surface area contributed by atoms with Gasteiger partial charge >= 0.3 is 6.03 Å². The van der Waals surface area contributed by atoms with Crippen LogP contribution in [0.4, 0.5) is 10.5 Å². The number of amides is 4. The molecule has 2 atom stereocenters. The highest BCUT2D eigenvalue weighted by Crippen LogP contribution is 2.45. The highest BCUT2D eigenvalue weighted by atomic mass is 16.2. The van der Waals surface area contributed by atoms with Gasteiger partial charge < -0.3 is 15.2 Å². The van der Waals surface area contributed by atoms with Crippen molar-refractivity contribution >= 4 is 34.4 Å². The van der Waals surface area contributed by atoms with Gasteiger partial charge in [0.1, 0.15) is 0 Å². The largest absolute Gasteiger partial charge is 0.356 e. The number of fused-ring (bicyclic) bond motifs is 5. The maximum atomic E-state index is 13.9. The van der Waals surface area contributed by atoms with E-state index in [4.69, 9.17) is 0 Å². The van der Waals surface area contributed by atoms with Crippen molar-refractivity contribution in [3.05, 3.63) is 101 Å². The normalized spacial score (nSPS) is 19.8. The lowest BCUT2D eigenvalue weighted by molar-refractivity contribution is -0.125. The van der Waals surface area contributed by atoms with E-state index >= 15 is 0 Å². The van der Waals surface area contributed by atoms with Gasteiger partial charge in [-0.05, 0) is 55.7 Å². The van der Waals surface area contributed by atoms with Gasteiger partial charge in [0.15, 0.2) is 5.54 Å². The van der Waals surface area contributed by atoms with Gasteiger partial charge in [-0.15, -0.1) is 0 Å². The van der Waals surface area contributed by atoms with Crippen LogP contribution in [0.5, 0.6) is 0 Å². The molecule has 3 heterocycles. The molecular weight excluding hydrogens is 452 g/mol. The summed E-state index contributed by atoms with van der Waals surface area (Å²) in [6.07, 6.45) is 0.668. The van der Waals surface area contributed by atoms with Gasteiger partial charge in [0, 0.05) is 23.0 Å². The molecule has 3 aromatic carbocycles. The number of urea groups is 1. The SMILES string of the molecule is CC(NC(=O)c1cccc(N2C(=O)N3CCc4c([nH]c5ccccc45)[C@@]3(C)C2=O)c1)c1ccccc1. The highest BCUT2D eigenvalue weighted by Gasteiger charge is 2.59. The summed E-state index contributed by atoms with van der Waals surface area (Å²) in [6.45, 7) is 4.17. The van der Waals surface area contributed by atoms with Gasteiger partial charge in [0.05, 0.1) is 17.4 Å². The number of anilines is 1. The molecule has 0 radical (unpaired) electrons. The third-order valence-electron chi connectivity index (χ3n) is 7.48. The maximum absolute atomic E-state index is 13.9. The van der Waals surface area contributed by atoms with Crippen molar-refractivity contribution < 1.29 is 14.4 Å². The van der Waals surface area contributed by atoms with E-state index in [1.165, 1.54) is 4.90 Å². The van der Waals surface area contributed by atoms with Crippen LogP contribution in [0, 0.1) is 0 Å². The Morgan fingerprint density at radius 2 is 1.75 bits per heavy atom. The Morgan fingerprint density at radius 1 is 1.00 bits per heavy atom. The zero-order valence-electron chi connectivity index (χ0n) is 20.1. The first kappa shape index (κ1) is 22.1. The fourth-order valence-electron chi connectivity index (χ4n) is 5.51. The number of aromatic amines is 1. The van der Waals surface area contributed by atoms with Crippen molar-refractivity contribution in [2.45, 2.75) is 31.8 Å². The first-order chi connectivity index (χ1) is 17.4. The minimum atomic E-state index is -1.14. The molecule has 0 saturated carbocycles. The van der Waals surface area contributed by atoms with Crippen LogP contribution in [0.2, 0.25) is 0 Å². The molecule has 1 aromatic heterocycles. The van der Waals surface area contributed by atoms with Crippen LogP contribution in [-0.4, -0.2) is 34.3 Å². The van der Waals surface area contributed by atoms with Crippen molar-refractivity contribution in [3.8, 4) is 0 Å². The molecule has 0 spiro atoms. The quantitative estimate of drug-likeness (QED) is 0.409. The van der Waals surface area contributed by atoms with Gasteiger partial charge in [-0.2, -0.15) is 0 Å². The second-order valence-electron chi connectivity index (χ2n) is 9.58. The van der Waals surface area contributed by atoms with Crippen molar-refractivity contribution in [1.29, 1.82) is 0 Å². The first-order valence-electron chi connectivity index (χ1n) is 12.1. The van der Waals surface area contributed by atoms with E-state index in [1.54, 1.807) is 36.1 Å². The van der Waals surface area contributed by atoms with Crippen LogP contribution in [0.1, 0.15) is 47.1 Å². The Bertz CT molecular complexity index is 1530. The van der Waals surface area contributed by atoms with Crippen LogP contribution < -0.4 is 10.2 Å². The summed E-state index contributed by atoms with van der Waals surface area (Å²) in [5, 5.41) is 4.08. The smallest absolute Gasteiger partial charge is 0.332 e. The van der Waals surface area contributed by atoms with Crippen LogP contribution in [0.25, 0.3) is 10.9 Å². The molecule has 7 heteroatoms. The van der Waals surface area contributed by atoms with Crippen molar-refractivity contribution in [2.75, 3.05) is 11.4 Å². The lowest BCUT2D eigenvalue weighted by Gasteiger charge is -2.35. The van der Waals surface area contributed by atoms with E-state index in [1.807, 2.05) is 61.5 Å². The van der Waals surface area contributed by atoms with E-state index in [-0.39, 0.29) is 23.9 Å². The van der Waals surface area contributed by atoms with Gasteiger partial charge in [-0.1, -0.05) is 54.6 Å². The number of H-pyrrole nitrogens is 1. The molecule has 180 valence electrons. The molecule has 4 aromatic rings. The van der Waals surface area contributed by atoms with Crippen molar-refractivity contribution in [3.63, 3.8) is 0 Å². The van der Waals surface area contributed by atoms with E-state index < -0.39 is 5.54 Å². The number of carbonyl (C=O) groups excluding carboxylic acids is 3. The molecule has 1 fully saturated rings. The fraction of sp³-hybridized carbons (Fsp3) is 0.207. The second-order valence-corrected chi connectivity index (χ2v) is 9.58. The molecule has 4 amide bonds. The summed E-state index contributed by atoms with van der Waals surface area (Å²) in [5.41, 5.74) is 3.43. The summed E-state index contributed by atoms with van der Waals surface area (Å²) in [5.74, 6) is -0.593. The lowest BCUT2D eigenvalue weighted by Crippen LogP contribution is -2.49. The molecule has 7 nitrogen and oxygen atoms in total. The van der Waals surface area contributed by atoms with Gasteiger partial charge in [0.25, 0.3) is 11.8 Å². The van der Waals surface area contributed by atoms with E-state index in [2.05, 4.69) is 10.3 Å². The van der Waals surface area contributed by atoms with Gasteiger partial charge in [0.2, 0.25) is 0 Å². The minimum Gasteiger partial charge on any atom is -0.356 e. The zero-order chi connectivity index (χ0) is 25.0. The van der Waals surface area contributed by atoms with E-state index in [0.29, 0.717) is 24.2 Å². The van der Waals surface area contributed by atoms with Crippen molar-refractivity contribution in [2.24, 2.45) is 0 Å². The first-order valence-corrected chi connectivity index (χ1v) is 12.1. The number of imide groups is 1. The molecule has 1 saturated heterocycles. The molecule has 2 N–H and O–H groups in total. The molecule has 2 aliphatic rings. The number of aromatic nitrogens is 1. The van der Waals surface area contributed by atoms with Crippen LogP contribution in [-0.2, 0) is 16.8 Å². The van der Waals surface area contributed by atoms with E-state index in [0.717, 1.165) is 27.7 Å². The number of nitrogens with zero attached hydrogens (tertiary/aromatic N) is 2. The summed E-state index contributed by atoms with van der Waals surface area (Å²) < 4.78 is 0. The number of rotatable bonds is 4. The Morgan fingerprint density at radius 3 is 2.56 bits per heavy atom. The Hall–Kier alpha value is -4.39. The molecular formula is C29H26N4O3. The average Bonchev–Trinajstić information content (AvgIpc) is 3.38. The Balaban J connectivity index is 1.33. The third kappa shape index (κ3) is 3.16. The lowest BCUT2D eigenvalue weighted by atomic mass is 9.87. The molecule has 36 heavy (non-hydrogen) atoms. The van der Waals surface area contributed by atoms with E-state index in [9.17, 15) is 14.4 Å². The number of benzene rings is 3. The molecule has 0 bridgehead atoms. The number of hydrogen-bond acceptors (Lipinski definition) is 3. The van der Waals surface area contributed by atoms with Crippen LogP contribution in [0.3, 0.4) is 0 Å². The zero-order valence-corrected chi connectivity index (χ0v) is 20.1. The third-order valence-corrected chi connectivity index (χ3v) is 7.48. The fourth-order valence-corrected chi connectivity index (χ4v) is 5.51. The predicted octanol–water partition coefficient (Wildman–Crippen LogP) is 4.90. The molecule has 6 rings (SSSR count). The maximum Gasteiger partial charge on any atom is 0.332 e. The monoisotopic (exact) mass is 478 g/mol. The van der Waals surface area contributed by atoms with Gasteiger partial charge in [-0.3, -0.25) is 9.59 Å². The molecule has 0 aliphatic carbocycles. The highest BCUT2D eigenvalue weighted by molar-refractivity contribution is 6.24. The molecule has 2 aliphatic heterocycles. The van der Waals surface area contributed by atoms with Crippen LogP contribution >= 0.6 is 0 Å². The summed E-state index contributed by atoms with van der Waals surface area (Å²) >= 11 is 0. The summed E-state index contributed by atoms with van der Waals surface area (Å²) in [7, 11) is 0. The Kier molecular flexibility index (Phi) is 4.96. The summed E-state index contributed by atoms with van der Waals surface area (Å²) in [4.78, 5) is 46.7.